The summed E-state index contributed by atoms with van der Waals surface area (Å²) in [4.78, 5) is 21.1. The van der Waals surface area contributed by atoms with Crippen molar-refractivity contribution in [2.45, 2.75) is 33.6 Å². The summed E-state index contributed by atoms with van der Waals surface area (Å²) < 4.78 is 5.51. The minimum atomic E-state index is -0.485. The van der Waals surface area contributed by atoms with Gasteiger partial charge in [0.2, 0.25) is 0 Å². The topological polar surface area (TPSA) is 44.8 Å². The second kappa shape index (κ2) is 8.53. The molecule has 0 bridgehead atoms. The van der Waals surface area contributed by atoms with E-state index in [4.69, 9.17) is 14.5 Å². The molecule has 0 aliphatic carbocycles. The number of ether oxygens (including phenoxy) is 1. The molecule has 0 heterocycles. The summed E-state index contributed by atoms with van der Waals surface area (Å²) in [6, 6.07) is 6.86. The van der Waals surface area contributed by atoms with Crippen LogP contribution in [-0.4, -0.2) is 19.2 Å². The van der Waals surface area contributed by atoms with Crippen LogP contribution in [0.3, 0.4) is 0 Å². The molecular weight excluding hydrogens is 244 g/mol. The zero-order valence-corrected chi connectivity index (χ0v) is 11.8. The highest BCUT2D eigenvalue weighted by atomic mass is 17.2. The summed E-state index contributed by atoms with van der Waals surface area (Å²) >= 11 is 0. The summed E-state index contributed by atoms with van der Waals surface area (Å²) in [7, 11) is 0. The lowest BCUT2D eigenvalue weighted by atomic mass is 10.2. The molecule has 0 aliphatic rings. The zero-order chi connectivity index (χ0) is 14.1. The molecule has 0 saturated heterocycles. The van der Waals surface area contributed by atoms with Crippen LogP contribution in [0.4, 0.5) is 0 Å². The average molecular weight is 266 g/mol. The highest BCUT2D eigenvalue weighted by molar-refractivity contribution is 5.89. The average Bonchev–Trinajstić information content (AvgIpc) is 2.39. The van der Waals surface area contributed by atoms with Crippen LogP contribution < -0.4 is 4.74 Å². The summed E-state index contributed by atoms with van der Waals surface area (Å²) in [5.41, 5.74) is 0.451. The number of rotatable bonds is 8. The molecule has 0 radical (unpaired) electrons. The van der Waals surface area contributed by atoms with Crippen molar-refractivity contribution in [2.24, 2.45) is 5.92 Å². The maximum atomic E-state index is 11.6. The molecule has 0 amide bonds. The van der Waals surface area contributed by atoms with Crippen molar-refractivity contribution in [2.75, 3.05) is 13.2 Å². The van der Waals surface area contributed by atoms with Gasteiger partial charge < -0.3 is 4.74 Å². The Morgan fingerprint density at radius 3 is 2.47 bits per heavy atom. The van der Waals surface area contributed by atoms with Crippen molar-refractivity contribution in [1.29, 1.82) is 0 Å². The van der Waals surface area contributed by atoms with Crippen molar-refractivity contribution < 1.29 is 19.3 Å². The molecule has 1 aromatic rings. The third-order valence-electron chi connectivity index (χ3n) is 2.39. The number of carbonyl (C=O) groups excluding carboxylic acids is 1. The molecule has 4 heteroatoms. The van der Waals surface area contributed by atoms with Crippen LogP contribution in [0.5, 0.6) is 5.75 Å². The highest BCUT2D eigenvalue weighted by Crippen LogP contribution is 2.13. The number of carbonyl (C=O) groups is 1. The van der Waals surface area contributed by atoms with E-state index < -0.39 is 5.97 Å². The van der Waals surface area contributed by atoms with Gasteiger partial charge >= 0.3 is 5.97 Å². The van der Waals surface area contributed by atoms with E-state index >= 15 is 0 Å². The Labute approximate surface area is 114 Å². The third-order valence-corrected chi connectivity index (χ3v) is 2.39. The standard InChI is InChI=1S/C15H22O4/c1-4-5-10-17-14-8-6-13(7-9-14)15(16)19-18-11-12(2)3/h6-9,12H,4-5,10-11H2,1-3H3. The Morgan fingerprint density at radius 1 is 1.21 bits per heavy atom. The van der Waals surface area contributed by atoms with Gasteiger partial charge in [-0.25, -0.2) is 4.79 Å². The Hall–Kier alpha value is -1.55. The van der Waals surface area contributed by atoms with Gasteiger partial charge in [0.25, 0.3) is 0 Å². The van der Waals surface area contributed by atoms with Crippen LogP contribution in [0.25, 0.3) is 0 Å². The summed E-state index contributed by atoms with van der Waals surface area (Å²) in [6.07, 6.45) is 2.12. The lowest BCUT2D eigenvalue weighted by Crippen LogP contribution is -2.09. The van der Waals surface area contributed by atoms with Gasteiger partial charge in [-0.1, -0.05) is 27.2 Å². The maximum Gasteiger partial charge on any atom is 0.373 e. The van der Waals surface area contributed by atoms with E-state index in [-0.39, 0.29) is 0 Å². The van der Waals surface area contributed by atoms with Crippen molar-refractivity contribution in [3.05, 3.63) is 29.8 Å². The zero-order valence-electron chi connectivity index (χ0n) is 11.8. The van der Waals surface area contributed by atoms with Gasteiger partial charge in [0.15, 0.2) is 0 Å². The first-order valence-electron chi connectivity index (χ1n) is 6.70. The molecule has 0 N–H and O–H groups in total. The molecular formula is C15H22O4. The molecule has 0 fully saturated rings. The molecule has 0 spiro atoms. The first-order valence-corrected chi connectivity index (χ1v) is 6.70. The van der Waals surface area contributed by atoms with Gasteiger partial charge in [0, 0.05) is 0 Å². The van der Waals surface area contributed by atoms with Gasteiger partial charge in [-0.05, 0) is 36.6 Å². The predicted octanol–water partition coefficient (Wildman–Crippen LogP) is 3.61. The predicted molar refractivity (Wildman–Crippen MR) is 73.1 cm³/mol. The first kappa shape index (κ1) is 15.5. The molecule has 4 nitrogen and oxygen atoms in total. The number of benzene rings is 1. The van der Waals surface area contributed by atoms with Crippen LogP contribution in [0.15, 0.2) is 24.3 Å². The van der Waals surface area contributed by atoms with E-state index in [1.807, 2.05) is 13.8 Å². The molecule has 0 aromatic heterocycles. The lowest BCUT2D eigenvalue weighted by molar-refractivity contribution is -0.246. The second-order valence-electron chi connectivity index (χ2n) is 4.78. The minimum Gasteiger partial charge on any atom is -0.494 e. The van der Waals surface area contributed by atoms with Gasteiger partial charge in [-0.3, -0.25) is 4.89 Å². The Morgan fingerprint density at radius 2 is 1.89 bits per heavy atom. The lowest BCUT2D eigenvalue weighted by Gasteiger charge is -2.07. The van der Waals surface area contributed by atoms with E-state index in [0.29, 0.717) is 24.7 Å². The Balaban J connectivity index is 2.39. The van der Waals surface area contributed by atoms with E-state index in [9.17, 15) is 4.79 Å². The SMILES string of the molecule is CCCCOc1ccc(C(=O)OOCC(C)C)cc1. The molecule has 0 atom stereocenters. The molecule has 1 aromatic carbocycles. The van der Waals surface area contributed by atoms with E-state index in [1.165, 1.54) is 0 Å². The van der Waals surface area contributed by atoms with Crippen LogP contribution >= 0.6 is 0 Å². The number of hydrogen-bond acceptors (Lipinski definition) is 4. The Bertz CT molecular complexity index is 370. The molecule has 106 valence electrons. The molecule has 0 unspecified atom stereocenters. The van der Waals surface area contributed by atoms with Gasteiger partial charge in [-0.15, -0.1) is 0 Å². The fourth-order valence-corrected chi connectivity index (χ4v) is 1.29. The van der Waals surface area contributed by atoms with E-state index in [2.05, 4.69) is 6.92 Å². The van der Waals surface area contributed by atoms with Crippen molar-refractivity contribution in [3.8, 4) is 5.75 Å². The smallest absolute Gasteiger partial charge is 0.373 e. The maximum absolute atomic E-state index is 11.6. The van der Waals surface area contributed by atoms with Crippen LogP contribution in [0.2, 0.25) is 0 Å². The van der Waals surface area contributed by atoms with Gasteiger partial charge in [0.05, 0.1) is 18.8 Å². The van der Waals surface area contributed by atoms with Crippen molar-refractivity contribution >= 4 is 5.97 Å². The van der Waals surface area contributed by atoms with E-state index in [0.717, 1.165) is 18.6 Å². The highest BCUT2D eigenvalue weighted by Gasteiger charge is 2.08. The molecule has 1 rings (SSSR count). The summed E-state index contributed by atoms with van der Waals surface area (Å²) in [5, 5.41) is 0. The molecule has 19 heavy (non-hydrogen) atoms. The fourth-order valence-electron chi connectivity index (χ4n) is 1.29. The van der Waals surface area contributed by atoms with Crippen molar-refractivity contribution in [1.82, 2.24) is 0 Å². The quantitative estimate of drug-likeness (QED) is 0.409. The van der Waals surface area contributed by atoms with Crippen LogP contribution in [0.1, 0.15) is 44.0 Å². The van der Waals surface area contributed by atoms with Gasteiger partial charge in [-0.2, -0.15) is 4.89 Å². The van der Waals surface area contributed by atoms with Crippen LogP contribution in [0, 0.1) is 5.92 Å². The van der Waals surface area contributed by atoms with Crippen LogP contribution in [-0.2, 0) is 9.78 Å². The van der Waals surface area contributed by atoms with Gasteiger partial charge in [0.1, 0.15) is 5.75 Å². The molecule has 0 saturated carbocycles. The summed E-state index contributed by atoms with van der Waals surface area (Å²) in [6.45, 7) is 7.16. The minimum absolute atomic E-state index is 0.321. The Kier molecular flexibility index (Phi) is 6.97. The number of hydrogen-bond donors (Lipinski definition) is 0. The normalized spacial score (nSPS) is 10.5. The van der Waals surface area contributed by atoms with Crippen molar-refractivity contribution in [3.63, 3.8) is 0 Å². The monoisotopic (exact) mass is 266 g/mol. The first-order chi connectivity index (χ1) is 9.13. The largest absolute Gasteiger partial charge is 0.494 e. The molecule has 0 aliphatic heterocycles. The third kappa shape index (κ3) is 6.25. The fraction of sp³-hybridized carbons (Fsp3) is 0.533. The second-order valence-corrected chi connectivity index (χ2v) is 4.78. The summed E-state index contributed by atoms with van der Waals surface area (Å²) in [5.74, 6) is 0.594. The van der Waals surface area contributed by atoms with E-state index in [1.54, 1.807) is 24.3 Å². The number of unbranched alkanes of at least 4 members (excludes halogenated alkanes) is 1.